The molecule has 0 radical (unpaired) electrons. The minimum Gasteiger partial charge on any atom is -0.506 e. The minimum atomic E-state index is -1.36. The van der Waals surface area contributed by atoms with Crippen LogP contribution in [0.15, 0.2) is 28.7 Å². The number of rotatable bonds is 15. The number of aromatic carboxylic acids is 1. The predicted molar refractivity (Wildman–Crippen MR) is 136 cm³/mol. The third kappa shape index (κ3) is 7.72. The molecule has 6 N–H and O–H groups in total. The first-order valence-electron chi connectivity index (χ1n) is 12.5. The molecule has 0 unspecified atom stereocenters. The topological polar surface area (TPSA) is 187 Å². The summed E-state index contributed by atoms with van der Waals surface area (Å²) >= 11 is 0. The zero-order chi connectivity index (χ0) is 28.2. The van der Waals surface area contributed by atoms with Crippen molar-refractivity contribution in [2.45, 2.75) is 52.9 Å². The van der Waals surface area contributed by atoms with Gasteiger partial charge in [0.15, 0.2) is 5.76 Å². The van der Waals surface area contributed by atoms with E-state index in [0.717, 1.165) is 19.3 Å². The number of carboxylic acids is 1. The summed E-state index contributed by atoms with van der Waals surface area (Å²) in [6.07, 6.45) is 3.34. The van der Waals surface area contributed by atoms with Crippen LogP contribution in [0.5, 0.6) is 11.5 Å². The maximum Gasteiger partial charge on any atom is 0.339 e. The molecule has 1 aromatic heterocycles. The molecule has 0 fully saturated rings. The van der Waals surface area contributed by atoms with Crippen molar-refractivity contribution in [2.75, 3.05) is 13.3 Å². The van der Waals surface area contributed by atoms with Crippen LogP contribution in [-0.4, -0.2) is 52.4 Å². The van der Waals surface area contributed by atoms with Gasteiger partial charge < -0.3 is 30.0 Å². The molecule has 0 aliphatic rings. The van der Waals surface area contributed by atoms with Crippen molar-refractivity contribution in [3.05, 3.63) is 35.6 Å². The molecule has 0 bridgehead atoms. The smallest absolute Gasteiger partial charge is 0.339 e. The summed E-state index contributed by atoms with van der Waals surface area (Å²) in [5.74, 6) is -4.95. The molecule has 0 aliphatic carbocycles. The van der Waals surface area contributed by atoms with E-state index in [0.29, 0.717) is 12.8 Å². The second kappa shape index (κ2) is 14.6. The number of nitrogens with one attached hydrogen (secondary N) is 3. The van der Waals surface area contributed by atoms with E-state index in [9.17, 15) is 29.4 Å². The lowest BCUT2D eigenvalue weighted by molar-refractivity contribution is -0.140. The summed E-state index contributed by atoms with van der Waals surface area (Å²) in [5.41, 5.74) is 1.26. The molecule has 3 amide bonds. The van der Waals surface area contributed by atoms with Gasteiger partial charge in [-0.3, -0.25) is 19.6 Å². The first-order chi connectivity index (χ1) is 18.2. The van der Waals surface area contributed by atoms with Gasteiger partial charge in [0.1, 0.15) is 22.8 Å². The molecule has 2 rings (SSSR count). The Morgan fingerprint density at radius 2 is 1.74 bits per heavy atom. The zero-order valence-corrected chi connectivity index (χ0v) is 21.7. The lowest BCUT2D eigenvalue weighted by Gasteiger charge is -2.24. The standard InChI is InChI=1S/C26H35N3O9/c1-4-7-8-9-17(16(5-2)24(32)29-36)23(31)27-14-28-25(33)21-11-10-20(38-21)18-12-15(37-6-3)13-19(22(18)30)26(34)35/h10-13,16-17,30,36H,4-9,14H2,1-3H3,(H,27,31)(H,28,33)(H,29,32)(H,34,35)/t16-,17-/m1/s1. The van der Waals surface area contributed by atoms with Crippen LogP contribution in [-0.2, 0) is 9.59 Å². The average Bonchev–Trinajstić information content (AvgIpc) is 3.39. The predicted octanol–water partition coefficient (Wildman–Crippen LogP) is 3.28. The summed E-state index contributed by atoms with van der Waals surface area (Å²) < 4.78 is 10.9. The van der Waals surface area contributed by atoms with Crippen molar-refractivity contribution >= 4 is 23.7 Å². The highest BCUT2D eigenvalue weighted by Gasteiger charge is 2.32. The van der Waals surface area contributed by atoms with Crippen molar-refractivity contribution in [3.63, 3.8) is 0 Å². The fourth-order valence-electron chi connectivity index (χ4n) is 4.11. The number of ether oxygens (including phenoxy) is 1. The Kier molecular flexibility index (Phi) is 11.6. The molecule has 0 spiro atoms. The molecule has 12 nitrogen and oxygen atoms in total. The summed E-state index contributed by atoms with van der Waals surface area (Å²) in [6, 6.07) is 5.32. The molecular weight excluding hydrogens is 498 g/mol. The largest absolute Gasteiger partial charge is 0.506 e. The minimum absolute atomic E-state index is 0.0309. The van der Waals surface area contributed by atoms with Crippen molar-refractivity contribution in [3.8, 4) is 22.8 Å². The number of phenols is 1. The summed E-state index contributed by atoms with van der Waals surface area (Å²) in [4.78, 5) is 49.0. The van der Waals surface area contributed by atoms with E-state index in [2.05, 4.69) is 10.6 Å². The maximum atomic E-state index is 12.8. The van der Waals surface area contributed by atoms with Gasteiger partial charge in [-0.05, 0) is 44.0 Å². The fraction of sp³-hybridized carbons (Fsp3) is 0.462. The van der Waals surface area contributed by atoms with Gasteiger partial charge in [0.05, 0.1) is 24.8 Å². The average molecular weight is 534 g/mol. The lowest BCUT2D eigenvalue weighted by atomic mass is 9.84. The van der Waals surface area contributed by atoms with Gasteiger partial charge in [0, 0.05) is 5.92 Å². The molecular formula is C26H35N3O9. The Hall–Kier alpha value is -4.06. The van der Waals surface area contributed by atoms with Crippen molar-refractivity contribution < 1.29 is 43.8 Å². The molecule has 1 heterocycles. The van der Waals surface area contributed by atoms with Crippen LogP contribution >= 0.6 is 0 Å². The number of amides is 3. The lowest BCUT2D eigenvalue weighted by Crippen LogP contribution is -2.44. The second-order valence-electron chi connectivity index (χ2n) is 8.59. The van der Waals surface area contributed by atoms with Crippen LogP contribution in [0.25, 0.3) is 11.3 Å². The van der Waals surface area contributed by atoms with E-state index >= 15 is 0 Å². The maximum absolute atomic E-state index is 12.8. The molecule has 0 aliphatic heterocycles. The van der Waals surface area contributed by atoms with E-state index in [-0.39, 0.29) is 41.7 Å². The Balaban J connectivity index is 2.10. The summed E-state index contributed by atoms with van der Waals surface area (Å²) in [6.45, 7) is 5.51. The number of carboxylic acid groups (broad SMARTS) is 1. The van der Waals surface area contributed by atoms with E-state index < -0.39 is 41.3 Å². The van der Waals surface area contributed by atoms with Gasteiger partial charge in [-0.25, -0.2) is 10.3 Å². The van der Waals surface area contributed by atoms with Crippen LogP contribution in [0.3, 0.4) is 0 Å². The third-order valence-electron chi connectivity index (χ3n) is 6.06. The van der Waals surface area contributed by atoms with Gasteiger partial charge in [0.2, 0.25) is 11.8 Å². The number of hydroxylamine groups is 1. The van der Waals surface area contributed by atoms with E-state index in [1.807, 2.05) is 6.92 Å². The van der Waals surface area contributed by atoms with Gasteiger partial charge in [-0.15, -0.1) is 0 Å². The van der Waals surface area contributed by atoms with Crippen LogP contribution in [0.1, 0.15) is 73.8 Å². The first-order valence-corrected chi connectivity index (χ1v) is 12.5. The monoisotopic (exact) mass is 533 g/mol. The van der Waals surface area contributed by atoms with Crippen molar-refractivity contribution in [1.82, 2.24) is 16.1 Å². The number of furan rings is 1. The number of carbonyl (C=O) groups excluding carboxylic acids is 3. The highest BCUT2D eigenvalue weighted by atomic mass is 16.5. The highest BCUT2D eigenvalue weighted by Crippen LogP contribution is 2.37. The Labute approximate surface area is 220 Å². The van der Waals surface area contributed by atoms with E-state index in [1.54, 1.807) is 19.3 Å². The van der Waals surface area contributed by atoms with Crippen LogP contribution in [0, 0.1) is 11.8 Å². The molecule has 0 saturated heterocycles. The Morgan fingerprint density at radius 3 is 2.34 bits per heavy atom. The number of aromatic hydroxyl groups is 1. The molecule has 2 aromatic rings. The van der Waals surface area contributed by atoms with Crippen molar-refractivity contribution in [1.29, 1.82) is 0 Å². The van der Waals surface area contributed by atoms with Crippen LogP contribution < -0.4 is 20.9 Å². The molecule has 38 heavy (non-hydrogen) atoms. The zero-order valence-electron chi connectivity index (χ0n) is 21.7. The van der Waals surface area contributed by atoms with Crippen LogP contribution in [0.2, 0.25) is 0 Å². The number of hydrogen-bond donors (Lipinski definition) is 6. The summed E-state index contributed by atoms with van der Waals surface area (Å²) in [7, 11) is 0. The number of unbranched alkanes of at least 4 members (excludes halogenated alkanes) is 2. The molecule has 2 atom stereocenters. The quantitative estimate of drug-likeness (QED) is 0.0864. The molecule has 1 aromatic carbocycles. The number of hydrogen-bond acceptors (Lipinski definition) is 8. The molecule has 208 valence electrons. The highest BCUT2D eigenvalue weighted by molar-refractivity contribution is 5.95. The van der Waals surface area contributed by atoms with Crippen molar-refractivity contribution in [2.24, 2.45) is 11.8 Å². The van der Waals surface area contributed by atoms with E-state index in [4.69, 9.17) is 14.4 Å². The Bertz CT molecular complexity index is 1130. The molecule has 12 heteroatoms. The molecule has 0 saturated carbocycles. The van der Waals surface area contributed by atoms with Gasteiger partial charge >= 0.3 is 5.97 Å². The van der Waals surface area contributed by atoms with E-state index in [1.165, 1.54) is 24.3 Å². The summed E-state index contributed by atoms with van der Waals surface area (Å²) in [5, 5.41) is 33.9. The van der Waals surface area contributed by atoms with Crippen LogP contribution in [0.4, 0.5) is 0 Å². The first kappa shape index (κ1) is 30.2. The second-order valence-corrected chi connectivity index (χ2v) is 8.59. The Morgan fingerprint density at radius 1 is 1.00 bits per heavy atom. The van der Waals surface area contributed by atoms with Gasteiger partial charge in [-0.1, -0.05) is 33.1 Å². The normalized spacial score (nSPS) is 12.3. The number of benzene rings is 1. The SMILES string of the molecule is CCCCC[C@@H](C(=O)NCNC(=O)c1ccc(-c2cc(OCC)cc(C(=O)O)c2O)o1)[C@@H](CC)C(=O)NO. The van der Waals surface area contributed by atoms with Gasteiger partial charge in [-0.2, -0.15) is 0 Å². The third-order valence-corrected chi connectivity index (χ3v) is 6.06. The fourth-order valence-corrected chi connectivity index (χ4v) is 4.11. The van der Waals surface area contributed by atoms with Gasteiger partial charge in [0.25, 0.3) is 5.91 Å². The number of carbonyl (C=O) groups is 4.